The number of anilines is 1. The molecule has 0 unspecified atom stereocenters. The highest BCUT2D eigenvalue weighted by molar-refractivity contribution is 7.98. The predicted octanol–water partition coefficient (Wildman–Crippen LogP) is 4.41. The molecule has 0 fully saturated rings. The molecule has 0 aliphatic rings. The quantitative estimate of drug-likeness (QED) is 0.327. The van der Waals surface area contributed by atoms with Crippen molar-refractivity contribution < 1.29 is 23.2 Å². The molecule has 162 valence electrons. The smallest absolute Gasteiger partial charge is 0.285 e. The lowest BCUT2D eigenvalue weighted by Gasteiger charge is -2.13. The summed E-state index contributed by atoms with van der Waals surface area (Å²) in [7, 11) is 1.38. The van der Waals surface area contributed by atoms with Crippen molar-refractivity contribution in [2.45, 2.75) is 18.4 Å². The number of aryl methyl sites for hydroxylation is 1. The minimum Gasteiger partial charge on any atom is -0.495 e. The van der Waals surface area contributed by atoms with Crippen LogP contribution in [0.4, 0.5) is 20.3 Å². The molecular weight excluding hydrogens is 430 g/mol. The summed E-state index contributed by atoms with van der Waals surface area (Å²) in [4.78, 5) is 24.3. The van der Waals surface area contributed by atoms with E-state index >= 15 is 0 Å². The second kappa shape index (κ2) is 9.13. The average Bonchev–Trinajstić information content (AvgIpc) is 3.08. The zero-order chi connectivity index (χ0) is 22.7. The third kappa shape index (κ3) is 4.66. The number of thioether (sulfide) groups is 1. The van der Waals surface area contributed by atoms with Crippen LogP contribution in [-0.4, -0.2) is 34.0 Å². The van der Waals surface area contributed by atoms with Crippen LogP contribution in [0.25, 0.3) is 0 Å². The number of nitrogens with zero attached hydrogens (tertiary/aromatic N) is 3. The molecule has 1 N–H and O–H groups in total. The first-order chi connectivity index (χ1) is 14.7. The van der Waals surface area contributed by atoms with Crippen LogP contribution in [0.1, 0.15) is 21.5 Å². The van der Waals surface area contributed by atoms with E-state index in [0.29, 0.717) is 10.5 Å². The van der Waals surface area contributed by atoms with Crippen molar-refractivity contribution in [3.8, 4) is 5.75 Å². The van der Waals surface area contributed by atoms with Gasteiger partial charge in [-0.1, -0.05) is 0 Å². The van der Waals surface area contributed by atoms with Gasteiger partial charge in [-0.25, -0.2) is 13.5 Å². The Labute approximate surface area is 180 Å². The van der Waals surface area contributed by atoms with E-state index < -0.39 is 28.2 Å². The molecule has 1 amide bonds. The second-order valence-corrected chi connectivity index (χ2v) is 7.35. The molecule has 1 aromatic heterocycles. The number of ether oxygens (including phenoxy) is 1. The summed E-state index contributed by atoms with van der Waals surface area (Å²) in [5, 5.41) is 18.2. The van der Waals surface area contributed by atoms with Crippen LogP contribution in [-0.2, 0) is 6.54 Å². The molecule has 0 bridgehead atoms. The van der Waals surface area contributed by atoms with Gasteiger partial charge in [-0.2, -0.15) is 5.10 Å². The van der Waals surface area contributed by atoms with E-state index in [9.17, 15) is 23.7 Å². The van der Waals surface area contributed by atoms with E-state index in [0.717, 1.165) is 18.2 Å². The van der Waals surface area contributed by atoms with Gasteiger partial charge in [-0.3, -0.25) is 14.9 Å². The molecule has 31 heavy (non-hydrogen) atoms. The standard InChI is InChI=1S/C20H18F2N4O4S/c1-11-9-23-25(10-12-6-13(21)4-5-15(12)22)19(11)24-20(27)14-7-18(31-3)17(30-2)8-16(14)26(28)29/h4-9H,10H2,1-3H3,(H,24,27). The van der Waals surface area contributed by atoms with Crippen molar-refractivity contribution in [2.75, 3.05) is 18.7 Å². The number of nitrogens with one attached hydrogen (secondary N) is 1. The number of rotatable bonds is 7. The number of carbonyl (C=O) groups excluding carboxylic acids is 1. The molecule has 0 saturated carbocycles. The fourth-order valence-corrected chi connectivity index (χ4v) is 3.54. The van der Waals surface area contributed by atoms with Crippen molar-refractivity contribution in [1.29, 1.82) is 0 Å². The molecule has 0 aliphatic heterocycles. The molecular formula is C20H18F2N4O4S. The van der Waals surface area contributed by atoms with Gasteiger partial charge in [-0.15, -0.1) is 11.8 Å². The van der Waals surface area contributed by atoms with Crippen LogP contribution in [0.5, 0.6) is 5.75 Å². The summed E-state index contributed by atoms with van der Waals surface area (Å²) in [6.45, 7) is 1.52. The van der Waals surface area contributed by atoms with Gasteiger partial charge in [0.05, 0.1) is 35.7 Å². The Balaban J connectivity index is 1.97. The van der Waals surface area contributed by atoms with Gasteiger partial charge in [0.15, 0.2) is 0 Å². The van der Waals surface area contributed by atoms with Crippen molar-refractivity contribution in [3.05, 3.63) is 75.0 Å². The number of carbonyl (C=O) groups is 1. The molecule has 0 spiro atoms. The van der Waals surface area contributed by atoms with E-state index in [1.54, 1.807) is 13.2 Å². The van der Waals surface area contributed by atoms with Gasteiger partial charge in [-0.05, 0) is 37.4 Å². The van der Waals surface area contributed by atoms with Crippen LogP contribution >= 0.6 is 11.8 Å². The first kappa shape index (κ1) is 22.2. The molecule has 3 rings (SSSR count). The molecule has 3 aromatic rings. The topological polar surface area (TPSA) is 99.3 Å². The molecule has 0 aliphatic carbocycles. The van der Waals surface area contributed by atoms with E-state index in [1.807, 2.05) is 0 Å². The van der Waals surface area contributed by atoms with Gasteiger partial charge in [0.25, 0.3) is 11.6 Å². The minimum absolute atomic E-state index is 0.0405. The van der Waals surface area contributed by atoms with Crippen molar-refractivity contribution >= 4 is 29.2 Å². The number of nitro groups is 1. The number of aromatic nitrogens is 2. The average molecular weight is 448 g/mol. The van der Waals surface area contributed by atoms with E-state index in [1.165, 1.54) is 41.9 Å². The molecule has 0 radical (unpaired) electrons. The van der Waals surface area contributed by atoms with Crippen molar-refractivity contribution in [3.63, 3.8) is 0 Å². The maximum absolute atomic E-state index is 14.0. The minimum atomic E-state index is -0.741. The first-order valence-corrected chi connectivity index (χ1v) is 10.2. The Bertz CT molecular complexity index is 1170. The molecule has 0 saturated heterocycles. The Hall–Kier alpha value is -3.47. The van der Waals surface area contributed by atoms with E-state index in [2.05, 4.69) is 10.4 Å². The normalized spacial score (nSPS) is 10.7. The van der Waals surface area contributed by atoms with Crippen LogP contribution in [0.2, 0.25) is 0 Å². The Morgan fingerprint density at radius 3 is 2.71 bits per heavy atom. The first-order valence-electron chi connectivity index (χ1n) is 8.93. The summed E-state index contributed by atoms with van der Waals surface area (Å²) in [6, 6.07) is 5.61. The molecule has 1 heterocycles. The van der Waals surface area contributed by atoms with Crippen molar-refractivity contribution in [1.82, 2.24) is 9.78 Å². The number of hydrogen-bond acceptors (Lipinski definition) is 6. The molecule has 0 atom stereocenters. The molecule has 2 aromatic carbocycles. The maximum Gasteiger partial charge on any atom is 0.285 e. The van der Waals surface area contributed by atoms with Gasteiger partial charge < -0.3 is 10.1 Å². The maximum atomic E-state index is 14.0. The Kier molecular flexibility index (Phi) is 6.54. The second-order valence-electron chi connectivity index (χ2n) is 6.51. The van der Waals surface area contributed by atoms with Gasteiger partial charge in [0, 0.05) is 11.1 Å². The fraction of sp³-hybridized carbons (Fsp3) is 0.200. The van der Waals surface area contributed by atoms with E-state index in [4.69, 9.17) is 4.74 Å². The number of nitro benzene ring substituents is 1. The fourth-order valence-electron chi connectivity index (χ4n) is 2.96. The van der Waals surface area contributed by atoms with Gasteiger partial charge in [0.1, 0.15) is 28.8 Å². The number of hydrogen-bond donors (Lipinski definition) is 1. The lowest BCUT2D eigenvalue weighted by Crippen LogP contribution is -2.18. The summed E-state index contributed by atoms with van der Waals surface area (Å²) in [5.74, 6) is -1.48. The van der Waals surface area contributed by atoms with Gasteiger partial charge >= 0.3 is 0 Å². The van der Waals surface area contributed by atoms with Crippen LogP contribution in [0, 0.1) is 28.7 Å². The highest BCUT2D eigenvalue weighted by Crippen LogP contribution is 2.35. The third-order valence-electron chi connectivity index (χ3n) is 4.53. The lowest BCUT2D eigenvalue weighted by molar-refractivity contribution is -0.385. The Morgan fingerprint density at radius 1 is 1.32 bits per heavy atom. The SMILES string of the molecule is COc1cc([N+](=O)[O-])c(C(=O)Nc2c(C)cnn2Cc2cc(F)ccc2F)cc1SC. The molecule has 8 nitrogen and oxygen atoms in total. The van der Waals surface area contributed by atoms with Crippen LogP contribution in [0.15, 0.2) is 41.4 Å². The zero-order valence-electron chi connectivity index (χ0n) is 16.8. The third-order valence-corrected chi connectivity index (χ3v) is 5.28. The molecule has 11 heteroatoms. The lowest BCUT2D eigenvalue weighted by atomic mass is 10.1. The summed E-state index contributed by atoms with van der Waals surface area (Å²) >= 11 is 1.27. The van der Waals surface area contributed by atoms with Crippen molar-refractivity contribution in [2.24, 2.45) is 0 Å². The van der Waals surface area contributed by atoms with Gasteiger partial charge in [0.2, 0.25) is 0 Å². The zero-order valence-corrected chi connectivity index (χ0v) is 17.6. The van der Waals surface area contributed by atoms with Crippen LogP contribution < -0.4 is 10.1 Å². The number of halogens is 2. The number of amides is 1. The number of benzene rings is 2. The predicted molar refractivity (Wildman–Crippen MR) is 112 cm³/mol. The van der Waals surface area contributed by atoms with E-state index in [-0.39, 0.29) is 29.2 Å². The van der Waals surface area contributed by atoms with Crippen LogP contribution in [0.3, 0.4) is 0 Å². The summed E-state index contributed by atoms with van der Waals surface area (Å²) in [5.41, 5.74) is -0.00334. The number of methoxy groups -OCH3 is 1. The highest BCUT2D eigenvalue weighted by Gasteiger charge is 2.25. The summed E-state index contributed by atoms with van der Waals surface area (Å²) in [6.07, 6.45) is 3.20. The highest BCUT2D eigenvalue weighted by atomic mass is 32.2. The Morgan fingerprint density at radius 2 is 2.06 bits per heavy atom. The largest absolute Gasteiger partial charge is 0.495 e. The summed E-state index contributed by atoms with van der Waals surface area (Å²) < 4.78 is 34.0. The monoisotopic (exact) mass is 448 g/mol.